The molecule has 0 aliphatic rings. The summed E-state index contributed by atoms with van der Waals surface area (Å²) >= 11 is 0. The molecule has 4 N–H and O–H groups in total. The van der Waals surface area contributed by atoms with Gasteiger partial charge in [-0.1, -0.05) is 30.3 Å². The first-order valence-corrected chi connectivity index (χ1v) is 6.44. The Balaban J connectivity index is 2.40. The molecule has 0 aromatic heterocycles. The molecule has 2 unspecified atom stereocenters. The lowest BCUT2D eigenvalue weighted by molar-refractivity contribution is -0.408. The fraction of sp³-hybridized carbons (Fsp3) is 0.357. The minimum Gasteiger partial charge on any atom is -0.550 e. The number of ether oxygens (including phenoxy) is 1. The third-order valence-corrected chi connectivity index (χ3v) is 2.72. The van der Waals surface area contributed by atoms with Crippen molar-refractivity contribution in [1.29, 1.82) is 0 Å². The zero-order chi connectivity index (χ0) is 15.8. The lowest BCUT2D eigenvalue weighted by Crippen LogP contribution is -2.69. The monoisotopic (exact) mass is 294 g/mol. The molecule has 0 heterocycles. The van der Waals surface area contributed by atoms with Crippen molar-refractivity contribution in [3.63, 3.8) is 0 Å². The molecule has 0 saturated carbocycles. The van der Waals surface area contributed by atoms with Crippen molar-refractivity contribution < 1.29 is 30.0 Å². The number of aliphatic carboxylic acids is 1. The van der Waals surface area contributed by atoms with Gasteiger partial charge in [-0.25, -0.2) is 4.79 Å². The Morgan fingerprint density at radius 2 is 1.90 bits per heavy atom. The fourth-order valence-electron chi connectivity index (χ4n) is 1.54. The second-order valence-corrected chi connectivity index (χ2v) is 4.60. The van der Waals surface area contributed by atoms with Crippen molar-refractivity contribution in [3.8, 4) is 0 Å². The van der Waals surface area contributed by atoms with Gasteiger partial charge in [-0.3, -0.25) is 4.79 Å². The molecule has 1 aromatic carbocycles. The summed E-state index contributed by atoms with van der Waals surface area (Å²) in [5.74, 6) is -2.61. The predicted octanol–water partition coefficient (Wildman–Crippen LogP) is -2.01. The Morgan fingerprint density at radius 1 is 1.29 bits per heavy atom. The molecular formula is C14H18N2O5. The summed E-state index contributed by atoms with van der Waals surface area (Å²) in [6.45, 7) is 1.56. The van der Waals surface area contributed by atoms with Crippen LogP contribution < -0.4 is 16.2 Å². The van der Waals surface area contributed by atoms with Crippen LogP contribution in [-0.2, 0) is 25.7 Å². The second kappa shape index (κ2) is 8.01. The van der Waals surface area contributed by atoms with Crippen LogP contribution in [0.25, 0.3) is 0 Å². The topological polar surface area (TPSA) is 123 Å². The van der Waals surface area contributed by atoms with Gasteiger partial charge in [0, 0.05) is 12.4 Å². The van der Waals surface area contributed by atoms with Gasteiger partial charge in [0.05, 0.1) is 0 Å². The zero-order valence-corrected chi connectivity index (χ0v) is 11.7. The third kappa shape index (κ3) is 6.05. The van der Waals surface area contributed by atoms with Gasteiger partial charge >= 0.3 is 5.97 Å². The van der Waals surface area contributed by atoms with Crippen LogP contribution in [0.2, 0.25) is 0 Å². The van der Waals surface area contributed by atoms with Gasteiger partial charge in [0.1, 0.15) is 12.6 Å². The molecule has 0 aliphatic heterocycles. The zero-order valence-electron chi connectivity index (χ0n) is 11.7. The number of rotatable bonds is 7. The number of carboxylic acids is 1. The van der Waals surface area contributed by atoms with E-state index in [2.05, 4.69) is 11.1 Å². The third-order valence-electron chi connectivity index (χ3n) is 2.72. The Bertz CT molecular complexity index is 503. The number of amides is 1. The number of esters is 1. The van der Waals surface area contributed by atoms with E-state index in [1.54, 1.807) is 0 Å². The summed E-state index contributed by atoms with van der Waals surface area (Å²) in [7, 11) is 0. The average Bonchev–Trinajstić information content (AvgIpc) is 2.44. The Kier molecular flexibility index (Phi) is 6.35. The molecule has 114 valence electrons. The number of hydrogen-bond donors (Lipinski definition) is 2. The molecule has 1 amide bonds. The van der Waals surface area contributed by atoms with Crippen molar-refractivity contribution in [2.75, 3.05) is 0 Å². The van der Waals surface area contributed by atoms with Gasteiger partial charge in [0.15, 0.2) is 6.04 Å². The number of carboxylic acid groups (broad SMARTS) is 1. The minimum absolute atomic E-state index is 0.104. The number of benzene rings is 1. The van der Waals surface area contributed by atoms with Crippen LogP contribution >= 0.6 is 0 Å². The molecule has 0 bridgehead atoms. The van der Waals surface area contributed by atoms with Crippen LogP contribution in [0.4, 0.5) is 0 Å². The molecule has 1 aromatic rings. The minimum atomic E-state index is -1.37. The summed E-state index contributed by atoms with van der Waals surface area (Å²) in [5.41, 5.74) is 4.23. The van der Waals surface area contributed by atoms with Crippen LogP contribution in [0.15, 0.2) is 30.3 Å². The second-order valence-electron chi connectivity index (χ2n) is 4.60. The lowest BCUT2D eigenvalue weighted by atomic mass is 10.2. The van der Waals surface area contributed by atoms with E-state index in [9.17, 15) is 19.5 Å². The maximum Gasteiger partial charge on any atom is 0.328 e. The van der Waals surface area contributed by atoms with Crippen LogP contribution in [0, 0.1) is 0 Å². The first-order chi connectivity index (χ1) is 9.90. The number of carbonyl (C=O) groups is 3. The number of carbonyl (C=O) groups excluding carboxylic acids is 3. The molecule has 0 radical (unpaired) electrons. The largest absolute Gasteiger partial charge is 0.550 e. The highest BCUT2D eigenvalue weighted by atomic mass is 16.5. The Labute approximate surface area is 122 Å². The Hall–Kier alpha value is -2.41. The van der Waals surface area contributed by atoms with Crippen molar-refractivity contribution in [1.82, 2.24) is 5.32 Å². The summed E-state index contributed by atoms with van der Waals surface area (Å²) in [6, 6.07) is 7.21. The smallest absolute Gasteiger partial charge is 0.328 e. The van der Waals surface area contributed by atoms with E-state index in [0.29, 0.717) is 0 Å². The van der Waals surface area contributed by atoms with Crippen molar-refractivity contribution >= 4 is 17.8 Å². The van der Waals surface area contributed by atoms with Gasteiger partial charge in [-0.2, -0.15) is 0 Å². The fourth-order valence-corrected chi connectivity index (χ4v) is 1.54. The number of quaternary nitrogens is 1. The molecule has 7 nitrogen and oxygen atoms in total. The normalized spacial score (nSPS) is 13.0. The van der Waals surface area contributed by atoms with E-state index in [1.807, 2.05) is 30.3 Å². The van der Waals surface area contributed by atoms with Gasteiger partial charge in [-0.15, -0.1) is 0 Å². The van der Waals surface area contributed by atoms with E-state index in [0.717, 1.165) is 5.56 Å². The summed E-state index contributed by atoms with van der Waals surface area (Å²) in [6.07, 6.45) is -0.502. The maximum absolute atomic E-state index is 11.7. The van der Waals surface area contributed by atoms with Crippen molar-refractivity contribution in [2.45, 2.75) is 32.0 Å². The first-order valence-electron chi connectivity index (χ1n) is 6.44. The molecule has 0 fully saturated rings. The number of nitrogens with one attached hydrogen (secondary N) is 1. The standard InChI is InChI=1S/C14H18N2O5/c1-9(16-13(19)11(15)7-12(17)18)14(20)21-8-10-5-3-2-4-6-10/h2-6,9,11H,7-8,15H2,1H3,(H,16,19)(H,17,18). The van der Waals surface area contributed by atoms with E-state index >= 15 is 0 Å². The lowest BCUT2D eigenvalue weighted by Gasteiger charge is -2.15. The van der Waals surface area contributed by atoms with Crippen LogP contribution in [0.1, 0.15) is 18.9 Å². The highest BCUT2D eigenvalue weighted by Gasteiger charge is 2.23. The highest BCUT2D eigenvalue weighted by Crippen LogP contribution is 2.02. The van der Waals surface area contributed by atoms with Crippen molar-refractivity contribution in [2.24, 2.45) is 0 Å². The van der Waals surface area contributed by atoms with Gasteiger partial charge in [0.2, 0.25) is 0 Å². The van der Waals surface area contributed by atoms with Crippen LogP contribution in [0.3, 0.4) is 0 Å². The SMILES string of the molecule is CC(NC(=O)C([NH3+])CC(=O)[O-])C(=O)OCc1ccccc1. The van der Waals surface area contributed by atoms with Gasteiger partial charge in [-0.05, 0) is 12.5 Å². The summed E-state index contributed by atoms with van der Waals surface area (Å²) in [4.78, 5) is 33.7. The maximum atomic E-state index is 11.7. The summed E-state index contributed by atoms with van der Waals surface area (Å²) < 4.78 is 5.05. The molecule has 2 atom stereocenters. The molecule has 0 aliphatic carbocycles. The first kappa shape index (κ1) is 16.6. The molecule has 0 saturated heterocycles. The molecular weight excluding hydrogens is 276 g/mol. The van der Waals surface area contributed by atoms with Crippen molar-refractivity contribution in [3.05, 3.63) is 35.9 Å². The Morgan fingerprint density at radius 3 is 2.48 bits per heavy atom. The molecule has 1 rings (SSSR count). The quantitative estimate of drug-likeness (QED) is 0.562. The van der Waals surface area contributed by atoms with Gasteiger partial charge < -0.3 is 25.7 Å². The molecule has 21 heavy (non-hydrogen) atoms. The van der Waals surface area contributed by atoms with E-state index < -0.39 is 36.4 Å². The molecule has 0 spiro atoms. The highest BCUT2D eigenvalue weighted by molar-refractivity contribution is 5.88. The molecule has 7 heteroatoms. The van der Waals surface area contributed by atoms with E-state index in [1.165, 1.54) is 6.92 Å². The predicted molar refractivity (Wildman–Crippen MR) is 70.1 cm³/mol. The van der Waals surface area contributed by atoms with Crippen LogP contribution in [0.5, 0.6) is 0 Å². The summed E-state index contributed by atoms with van der Waals surface area (Å²) in [5, 5.41) is 12.7. The van der Waals surface area contributed by atoms with Gasteiger partial charge in [0.25, 0.3) is 5.91 Å². The van der Waals surface area contributed by atoms with E-state index in [-0.39, 0.29) is 6.61 Å². The average molecular weight is 294 g/mol. The number of hydrogen-bond acceptors (Lipinski definition) is 5. The van der Waals surface area contributed by atoms with E-state index in [4.69, 9.17) is 4.74 Å². The van der Waals surface area contributed by atoms with Crippen LogP contribution in [-0.4, -0.2) is 29.9 Å².